The highest BCUT2D eigenvalue weighted by Gasteiger charge is 1.99. The van der Waals surface area contributed by atoms with Crippen LogP contribution in [0, 0.1) is 11.8 Å². The van der Waals surface area contributed by atoms with Crippen molar-refractivity contribution in [1.29, 1.82) is 0 Å². The summed E-state index contributed by atoms with van der Waals surface area (Å²) in [5.74, 6) is 6.16. The maximum atomic E-state index is 11.0. The van der Waals surface area contributed by atoms with Crippen molar-refractivity contribution in [1.82, 2.24) is 0 Å². The molecule has 1 N–H and O–H groups in total. The van der Waals surface area contributed by atoms with Crippen LogP contribution < -0.4 is 5.32 Å². The number of hydrogen-bond donors (Lipinski definition) is 1. The summed E-state index contributed by atoms with van der Waals surface area (Å²) in [6.07, 6.45) is 0. The van der Waals surface area contributed by atoms with Crippen molar-refractivity contribution in [3.63, 3.8) is 0 Å². The molecule has 3 nitrogen and oxygen atoms in total. The van der Waals surface area contributed by atoms with Crippen LogP contribution in [-0.4, -0.2) is 16.8 Å². The number of hydrogen-bond acceptors (Lipinski definition) is 3. The first-order valence-electron chi connectivity index (χ1n) is 5.08. The lowest BCUT2D eigenvalue weighted by Gasteiger charge is -2.03. The van der Waals surface area contributed by atoms with E-state index < -0.39 is 0 Å². The molecular formula is C13H13NO2S. The quantitative estimate of drug-likeness (QED) is 0.815. The van der Waals surface area contributed by atoms with Crippen molar-refractivity contribution in [2.24, 2.45) is 0 Å². The maximum Gasteiger partial charge on any atom is 0.221 e. The number of para-hydroxylation sites is 1. The molecule has 0 spiro atoms. The molecule has 88 valence electrons. The van der Waals surface area contributed by atoms with Gasteiger partial charge in [0.2, 0.25) is 5.91 Å². The molecule has 0 unspecified atom stereocenters. The van der Waals surface area contributed by atoms with Crippen LogP contribution in [0.4, 0.5) is 5.69 Å². The predicted octanol–water partition coefficient (Wildman–Crippen LogP) is 2.28. The van der Waals surface area contributed by atoms with Crippen LogP contribution in [0.5, 0.6) is 0 Å². The lowest BCUT2D eigenvalue weighted by atomic mass is 10.2. The third-order valence-electron chi connectivity index (χ3n) is 1.81. The highest BCUT2D eigenvalue weighted by atomic mass is 32.2. The Labute approximate surface area is 105 Å². The second-order valence-electron chi connectivity index (χ2n) is 3.31. The third-order valence-corrected chi connectivity index (χ3v) is 2.50. The van der Waals surface area contributed by atoms with E-state index in [9.17, 15) is 9.59 Å². The van der Waals surface area contributed by atoms with Gasteiger partial charge in [0.25, 0.3) is 0 Å². The first-order chi connectivity index (χ1) is 8.09. The van der Waals surface area contributed by atoms with Gasteiger partial charge in [0.15, 0.2) is 5.12 Å². The molecule has 0 aliphatic rings. The molecule has 1 amide bonds. The van der Waals surface area contributed by atoms with Crippen molar-refractivity contribution < 1.29 is 9.59 Å². The summed E-state index contributed by atoms with van der Waals surface area (Å²) in [7, 11) is 0. The van der Waals surface area contributed by atoms with Gasteiger partial charge in [0.1, 0.15) is 0 Å². The van der Waals surface area contributed by atoms with Crippen molar-refractivity contribution in [2.75, 3.05) is 11.1 Å². The Kier molecular flexibility index (Phi) is 5.31. The summed E-state index contributed by atoms with van der Waals surface area (Å²) in [5, 5.41) is 2.76. The molecule has 0 atom stereocenters. The van der Waals surface area contributed by atoms with Crippen LogP contribution in [0.15, 0.2) is 24.3 Å². The van der Waals surface area contributed by atoms with Gasteiger partial charge in [-0.1, -0.05) is 35.7 Å². The second kappa shape index (κ2) is 6.77. The molecule has 1 rings (SSSR count). The van der Waals surface area contributed by atoms with E-state index in [1.807, 2.05) is 18.2 Å². The molecule has 4 heteroatoms. The van der Waals surface area contributed by atoms with E-state index in [-0.39, 0.29) is 11.0 Å². The van der Waals surface area contributed by atoms with Crippen LogP contribution >= 0.6 is 11.8 Å². The van der Waals surface area contributed by atoms with Crippen LogP contribution in [0.2, 0.25) is 0 Å². The Balaban J connectivity index is 2.75. The molecule has 17 heavy (non-hydrogen) atoms. The smallest absolute Gasteiger partial charge is 0.221 e. The molecule has 0 radical (unpaired) electrons. The highest BCUT2D eigenvalue weighted by Crippen LogP contribution is 2.13. The van der Waals surface area contributed by atoms with Gasteiger partial charge in [0.05, 0.1) is 11.4 Å². The molecule has 0 aliphatic carbocycles. The first kappa shape index (κ1) is 13.3. The molecule has 0 fully saturated rings. The monoisotopic (exact) mass is 247 g/mol. The molecule has 0 heterocycles. The Bertz CT molecular complexity index is 486. The first-order valence-corrected chi connectivity index (χ1v) is 6.07. The molecule has 0 saturated heterocycles. The van der Waals surface area contributed by atoms with Crippen molar-refractivity contribution in [3.8, 4) is 11.8 Å². The number of benzene rings is 1. The van der Waals surface area contributed by atoms with E-state index >= 15 is 0 Å². The van der Waals surface area contributed by atoms with E-state index in [0.29, 0.717) is 11.4 Å². The molecule has 0 aromatic heterocycles. The number of nitrogens with one attached hydrogen (secondary N) is 1. The zero-order valence-electron chi connectivity index (χ0n) is 9.74. The van der Waals surface area contributed by atoms with Crippen LogP contribution in [0.1, 0.15) is 19.4 Å². The zero-order chi connectivity index (χ0) is 12.7. The Morgan fingerprint density at radius 2 is 2.00 bits per heavy atom. The van der Waals surface area contributed by atoms with Gasteiger partial charge in [-0.25, -0.2) is 0 Å². The van der Waals surface area contributed by atoms with Crippen molar-refractivity contribution >= 4 is 28.5 Å². The summed E-state index contributed by atoms with van der Waals surface area (Å²) in [6, 6.07) is 7.31. The van der Waals surface area contributed by atoms with Crippen LogP contribution in [0.25, 0.3) is 0 Å². The molecule has 1 aromatic carbocycles. The zero-order valence-corrected chi connectivity index (χ0v) is 10.6. The minimum atomic E-state index is -0.127. The van der Waals surface area contributed by atoms with E-state index in [0.717, 1.165) is 5.56 Å². The standard InChI is InChI=1S/C13H13NO2S/c1-10(15)14-13-8-4-3-6-12(13)7-5-9-17-11(2)16/h3-4,6,8H,9H2,1-2H3,(H,14,15). The molecular weight excluding hydrogens is 234 g/mol. The minimum Gasteiger partial charge on any atom is -0.325 e. The van der Waals surface area contributed by atoms with Crippen LogP contribution in [0.3, 0.4) is 0 Å². The Hall–Kier alpha value is -1.73. The van der Waals surface area contributed by atoms with Gasteiger partial charge in [-0.05, 0) is 12.1 Å². The lowest BCUT2D eigenvalue weighted by Crippen LogP contribution is -2.06. The summed E-state index contributed by atoms with van der Waals surface area (Å²) in [5.41, 5.74) is 1.45. The number of rotatable bonds is 2. The summed E-state index contributed by atoms with van der Waals surface area (Å²) in [6.45, 7) is 2.97. The Morgan fingerprint density at radius 1 is 1.29 bits per heavy atom. The molecule has 0 bridgehead atoms. The van der Waals surface area contributed by atoms with Gasteiger partial charge >= 0.3 is 0 Å². The average molecular weight is 247 g/mol. The molecule has 0 saturated carbocycles. The van der Waals surface area contributed by atoms with E-state index in [4.69, 9.17) is 0 Å². The number of carbonyl (C=O) groups excluding carboxylic acids is 2. The fourth-order valence-electron chi connectivity index (χ4n) is 1.16. The van der Waals surface area contributed by atoms with Gasteiger partial charge < -0.3 is 5.32 Å². The summed E-state index contributed by atoms with van der Waals surface area (Å²) in [4.78, 5) is 21.7. The normalized spacial score (nSPS) is 9.06. The number of carbonyl (C=O) groups is 2. The number of thioether (sulfide) groups is 1. The molecule has 0 aliphatic heterocycles. The fraction of sp³-hybridized carbons (Fsp3) is 0.231. The number of anilines is 1. The third kappa shape index (κ3) is 5.23. The predicted molar refractivity (Wildman–Crippen MR) is 70.8 cm³/mol. The average Bonchev–Trinajstić information content (AvgIpc) is 2.25. The van der Waals surface area contributed by atoms with Crippen molar-refractivity contribution in [3.05, 3.63) is 29.8 Å². The van der Waals surface area contributed by atoms with Gasteiger partial charge in [-0.3, -0.25) is 9.59 Å². The van der Waals surface area contributed by atoms with E-state index in [1.54, 1.807) is 6.07 Å². The largest absolute Gasteiger partial charge is 0.325 e. The SMILES string of the molecule is CC(=O)Nc1ccccc1C#CCSC(C)=O. The highest BCUT2D eigenvalue weighted by molar-refractivity contribution is 8.13. The Morgan fingerprint density at radius 3 is 2.65 bits per heavy atom. The topological polar surface area (TPSA) is 46.2 Å². The van der Waals surface area contributed by atoms with Crippen LogP contribution in [-0.2, 0) is 9.59 Å². The number of amides is 1. The lowest BCUT2D eigenvalue weighted by molar-refractivity contribution is -0.114. The summed E-state index contributed by atoms with van der Waals surface area (Å²) < 4.78 is 0. The van der Waals surface area contributed by atoms with Crippen molar-refractivity contribution in [2.45, 2.75) is 13.8 Å². The minimum absolute atomic E-state index is 0.0504. The van der Waals surface area contributed by atoms with E-state index in [1.165, 1.54) is 25.6 Å². The molecule has 1 aromatic rings. The van der Waals surface area contributed by atoms with Gasteiger partial charge in [-0.15, -0.1) is 0 Å². The van der Waals surface area contributed by atoms with E-state index in [2.05, 4.69) is 17.2 Å². The van der Waals surface area contributed by atoms with Gasteiger partial charge in [0, 0.05) is 19.4 Å². The van der Waals surface area contributed by atoms with Gasteiger partial charge in [-0.2, -0.15) is 0 Å². The maximum absolute atomic E-state index is 11.0. The fourth-order valence-corrected chi connectivity index (χ4v) is 1.51. The summed E-state index contributed by atoms with van der Waals surface area (Å²) >= 11 is 1.17. The second-order valence-corrected chi connectivity index (χ2v) is 4.46.